The molecule has 1 atom stereocenters. The molecule has 0 spiro atoms. The van der Waals surface area contributed by atoms with E-state index in [4.69, 9.17) is 16.3 Å². The quantitative estimate of drug-likeness (QED) is 0.923. The van der Waals surface area contributed by atoms with Crippen LogP contribution in [-0.4, -0.2) is 42.5 Å². The number of likely N-dealkylation sites (tertiary alicyclic amines) is 1. The number of aryl methyl sites for hydroxylation is 1. The van der Waals surface area contributed by atoms with Crippen LogP contribution in [0.3, 0.4) is 0 Å². The van der Waals surface area contributed by atoms with E-state index in [0.29, 0.717) is 23.9 Å². The Kier molecular flexibility index (Phi) is 5.66. The van der Waals surface area contributed by atoms with Gasteiger partial charge >= 0.3 is 0 Å². The molecular weight excluding hydrogens is 304 g/mol. The molecule has 0 bridgehead atoms. The lowest BCUT2D eigenvalue weighted by molar-refractivity contribution is -0.135. The van der Waals surface area contributed by atoms with Crippen molar-refractivity contribution in [3.63, 3.8) is 0 Å². The minimum atomic E-state index is -0.0910. The minimum Gasteiger partial charge on any atom is -0.482 e. The summed E-state index contributed by atoms with van der Waals surface area (Å²) in [6.07, 6.45) is 1.77. The summed E-state index contributed by atoms with van der Waals surface area (Å²) in [5.74, 6) is 0.352. The number of benzene rings is 1. The molecule has 0 aliphatic carbocycles. The SMILES string of the molecule is CC(=O)NC1CCCN(C(=O)COc2ccc(C)cc2Cl)C1. The van der Waals surface area contributed by atoms with Crippen molar-refractivity contribution in [1.82, 2.24) is 10.2 Å². The van der Waals surface area contributed by atoms with E-state index in [0.717, 1.165) is 18.4 Å². The number of nitrogens with one attached hydrogen (secondary N) is 1. The Morgan fingerprint density at radius 2 is 2.23 bits per heavy atom. The summed E-state index contributed by atoms with van der Waals surface area (Å²) in [4.78, 5) is 25.1. The molecule has 1 saturated heterocycles. The molecular formula is C16H21ClN2O3. The van der Waals surface area contributed by atoms with Crippen molar-refractivity contribution >= 4 is 23.4 Å². The van der Waals surface area contributed by atoms with Gasteiger partial charge in [0.2, 0.25) is 5.91 Å². The normalized spacial score (nSPS) is 18.0. The lowest BCUT2D eigenvalue weighted by Gasteiger charge is -2.33. The van der Waals surface area contributed by atoms with Crippen LogP contribution in [0.15, 0.2) is 18.2 Å². The van der Waals surface area contributed by atoms with Crippen LogP contribution < -0.4 is 10.1 Å². The van der Waals surface area contributed by atoms with Crippen molar-refractivity contribution in [2.45, 2.75) is 32.7 Å². The third-order valence-corrected chi connectivity index (χ3v) is 3.92. The van der Waals surface area contributed by atoms with E-state index in [2.05, 4.69) is 5.32 Å². The summed E-state index contributed by atoms with van der Waals surface area (Å²) in [6.45, 7) is 4.61. The molecule has 6 heteroatoms. The van der Waals surface area contributed by atoms with Crippen LogP contribution in [0.5, 0.6) is 5.75 Å². The van der Waals surface area contributed by atoms with Gasteiger partial charge in [0.1, 0.15) is 5.75 Å². The Balaban J connectivity index is 1.87. The van der Waals surface area contributed by atoms with Gasteiger partial charge in [0.25, 0.3) is 5.91 Å². The third-order valence-electron chi connectivity index (χ3n) is 3.62. The Morgan fingerprint density at radius 3 is 2.91 bits per heavy atom. The summed E-state index contributed by atoms with van der Waals surface area (Å²) in [6, 6.07) is 5.48. The van der Waals surface area contributed by atoms with E-state index >= 15 is 0 Å². The zero-order chi connectivity index (χ0) is 16.1. The Labute approximate surface area is 135 Å². The highest BCUT2D eigenvalue weighted by Crippen LogP contribution is 2.25. The first-order chi connectivity index (χ1) is 10.5. The average Bonchev–Trinajstić information content (AvgIpc) is 2.45. The number of nitrogens with zero attached hydrogens (tertiary/aromatic N) is 1. The fourth-order valence-corrected chi connectivity index (χ4v) is 2.85. The third kappa shape index (κ3) is 4.63. The number of carbonyl (C=O) groups excluding carboxylic acids is 2. The molecule has 1 unspecified atom stereocenters. The van der Waals surface area contributed by atoms with Gasteiger partial charge in [0.15, 0.2) is 6.61 Å². The number of rotatable bonds is 4. The average molecular weight is 325 g/mol. The van der Waals surface area contributed by atoms with Gasteiger partial charge in [-0.25, -0.2) is 0 Å². The smallest absolute Gasteiger partial charge is 0.260 e. The predicted molar refractivity (Wildman–Crippen MR) is 85.1 cm³/mol. The fourth-order valence-electron chi connectivity index (χ4n) is 2.56. The monoisotopic (exact) mass is 324 g/mol. The molecule has 1 aliphatic rings. The van der Waals surface area contributed by atoms with E-state index < -0.39 is 0 Å². The second kappa shape index (κ2) is 7.49. The van der Waals surface area contributed by atoms with Crippen LogP contribution in [-0.2, 0) is 9.59 Å². The van der Waals surface area contributed by atoms with Crippen LogP contribution in [0.1, 0.15) is 25.3 Å². The van der Waals surface area contributed by atoms with E-state index in [1.54, 1.807) is 17.0 Å². The summed E-state index contributed by atoms with van der Waals surface area (Å²) in [5.41, 5.74) is 1.04. The van der Waals surface area contributed by atoms with Gasteiger partial charge in [-0.05, 0) is 37.5 Å². The van der Waals surface area contributed by atoms with Crippen LogP contribution in [0.4, 0.5) is 0 Å². The Morgan fingerprint density at radius 1 is 1.45 bits per heavy atom. The van der Waals surface area contributed by atoms with E-state index in [1.165, 1.54) is 6.92 Å². The summed E-state index contributed by atoms with van der Waals surface area (Å²) in [7, 11) is 0. The molecule has 0 saturated carbocycles. The number of hydrogen-bond acceptors (Lipinski definition) is 3. The molecule has 1 aromatic carbocycles. The number of piperidine rings is 1. The molecule has 1 fully saturated rings. The van der Waals surface area contributed by atoms with Gasteiger partial charge < -0.3 is 15.0 Å². The second-order valence-electron chi connectivity index (χ2n) is 5.60. The van der Waals surface area contributed by atoms with E-state index in [1.807, 2.05) is 13.0 Å². The van der Waals surface area contributed by atoms with Crippen LogP contribution >= 0.6 is 11.6 Å². The first-order valence-electron chi connectivity index (χ1n) is 7.39. The largest absolute Gasteiger partial charge is 0.482 e. The topological polar surface area (TPSA) is 58.6 Å². The first kappa shape index (κ1) is 16.6. The maximum Gasteiger partial charge on any atom is 0.260 e. The van der Waals surface area contributed by atoms with Crippen molar-refractivity contribution in [2.75, 3.05) is 19.7 Å². The number of ether oxygens (including phenoxy) is 1. The molecule has 5 nitrogen and oxygen atoms in total. The molecule has 2 rings (SSSR count). The Bertz CT molecular complexity index is 562. The molecule has 22 heavy (non-hydrogen) atoms. The van der Waals surface area contributed by atoms with Crippen molar-refractivity contribution in [3.05, 3.63) is 28.8 Å². The van der Waals surface area contributed by atoms with Crippen LogP contribution in [0, 0.1) is 6.92 Å². The molecule has 0 radical (unpaired) electrons. The summed E-state index contributed by atoms with van der Waals surface area (Å²) in [5, 5.41) is 3.36. The number of hydrogen-bond donors (Lipinski definition) is 1. The lowest BCUT2D eigenvalue weighted by Crippen LogP contribution is -2.50. The Hall–Kier alpha value is -1.75. The fraction of sp³-hybridized carbons (Fsp3) is 0.500. The van der Waals surface area contributed by atoms with E-state index in [-0.39, 0.29) is 24.5 Å². The highest BCUT2D eigenvalue weighted by Gasteiger charge is 2.24. The number of carbonyl (C=O) groups is 2. The lowest BCUT2D eigenvalue weighted by atomic mass is 10.1. The summed E-state index contributed by atoms with van der Waals surface area (Å²) >= 11 is 6.08. The van der Waals surface area contributed by atoms with Crippen molar-refractivity contribution in [2.24, 2.45) is 0 Å². The van der Waals surface area contributed by atoms with Gasteiger partial charge in [-0.15, -0.1) is 0 Å². The molecule has 1 aromatic rings. The first-order valence-corrected chi connectivity index (χ1v) is 7.77. The van der Waals surface area contributed by atoms with Gasteiger partial charge in [-0.2, -0.15) is 0 Å². The second-order valence-corrected chi connectivity index (χ2v) is 6.01. The molecule has 1 aliphatic heterocycles. The van der Waals surface area contributed by atoms with Gasteiger partial charge in [0, 0.05) is 26.1 Å². The van der Waals surface area contributed by atoms with Gasteiger partial charge in [0.05, 0.1) is 5.02 Å². The van der Waals surface area contributed by atoms with Gasteiger partial charge in [-0.1, -0.05) is 17.7 Å². The summed E-state index contributed by atoms with van der Waals surface area (Å²) < 4.78 is 5.51. The molecule has 1 heterocycles. The van der Waals surface area contributed by atoms with E-state index in [9.17, 15) is 9.59 Å². The molecule has 120 valence electrons. The standard InChI is InChI=1S/C16H21ClN2O3/c1-11-5-6-15(14(17)8-11)22-10-16(21)19-7-3-4-13(9-19)18-12(2)20/h5-6,8,13H,3-4,7,9-10H2,1-2H3,(H,18,20). The zero-order valence-electron chi connectivity index (χ0n) is 12.9. The van der Waals surface area contributed by atoms with Crippen molar-refractivity contribution in [1.29, 1.82) is 0 Å². The maximum absolute atomic E-state index is 12.2. The van der Waals surface area contributed by atoms with Crippen LogP contribution in [0.2, 0.25) is 5.02 Å². The molecule has 1 N–H and O–H groups in total. The zero-order valence-corrected chi connectivity index (χ0v) is 13.7. The highest BCUT2D eigenvalue weighted by atomic mass is 35.5. The number of halogens is 1. The maximum atomic E-state index is 12.2. The minimum absolute atomic E-state index is 0.0261. The molecule has 2 amide bonds. The van der Waals surface area contributed by atoms with Gasteiger partial charge in [-0.3, -0.25) is 9.59 Å². The van der Waals surface area contributed by atoms with Crippen molar-refractivity contribution < 1.29 is 14.3 Å². The van der Waals surface area contributed by atoms with Crippen molar-refractivity contribution in [3.8, 4) is 5.75 Å². The highest BCUT2D eigenvalue weighted by molar-refractivity contribution is 6.32. The molecule has 0 aromatic heterocycles. The predicted octanol–water partition coefficient (Wildman–Crippen LogP) is 2.15. The van der Waals surface area contributed by atoms with Crippen LogP contribution in [0.25, 0.3) is 0 Å². The number of amides is 2.